The van der Waals surface area contributed by atoms with Crippen molar-refractivity contribution < 1.29 is 9.53 Å². The van der Waals surface area contributed by atoms with Gasteiger partial charge in [-0.2, -0.15) is 0 Å². The summed E-state index contributed by atoms with van der Waals surface area (Å²) < 4.78 is 4.66. The molecule has 7 heteroatoms. The van der Waals surface area contributed by atoms with Crippen molar-refractivity contribution >= 4 is 17.7 Å². The summed E-state index contributed by atoms with van der Waals surface area (Å²) in [6.45, 7) is 0. The van der Waals surface area contributed by atoms with Crippen molar-refractivity contribution in [1.82, 2.24) is 15.2 Å². The smallest absolute Gasteiger partial charge is 0.337 e. The number of hydrogen-bond acceptors (Lipinski definition) is 6. The lowest BCUT2D eigenvalue weighted by Gasteiger charge is -2.04. The molecule has 0 bridgehead atoms. The number of methoxy groups -OCH3 is 1. The Morgan fingerprint density at radius 1 is 1.08 bits per heavy atom. The van der Waals surface area contributed by atoms with Crippen molar-refractivity contribution in [1.29, 1.82) is 0 Å². The highest BCUT2D eigenvalue weighted by Crippen LogP contribution is 2.19. The van der Waals surface area contributed by atoms with E-state index >= 15 is 0 Å². The Kier molecular flexibility index (Phi) is 5.25. The Labute approximate surface area is 148 Å². The highest BCUT2D eigenvalue weighted by molar-refractivity contribution is 7.98. The number of ether oxygens (including phenoxy) is 1. The van der Waals surface area contributed by atoms with Crippen LogP contribution in [-0.2, 0) is 10.5 Å². The molecule has 25 heavy (non-hydrogen) atoms. The van der Waals surface area contributed by atoms with Crippen LogP contribution < -0.4 is 5.56 Å². The van der Waals surface area contributed by atoms with E-state index in [9.17, 15) is 9.59 Å². The van der Waals surface area contributed by atoms with Crippen molar-refractivity contribution in [2.75, 3.05) is 7.11 Å². The molecule has 0 spiro atoms. The monoisotopic (exact) mass is 353 g/mol. The standard InChI is InChI=1S/C18H15N3O3S/c1-24-17(23)14-9-7-12(8-10-14)11-25-18-19-16(22)15(20-21-18)13-5-3-2-4-6-13/h2-10H,11H2,1H3,(H,19,21,22). The van der Waals surface area contributed by atoms with Gasteiger partial charge in [-0.05, 0) is 17.7 Å². The molecule has 0 aliphatic rings. The van der Waals surface area contributed by atoms with Crippen LogP contribution in [-0.4, -0.2) is 28.3 Å². The van der Waals surface area contributed by atoms with Crippen molar-refractivity contribution in [3.8, 4) is 11.3 Å². The van der Waals surface area contributed by atoms with Crippen LogP contribution in [0.25, 0.3) is 11.3 Å². The van der Waals surface area contributed by atoms with Gasteiger partial charge in [0.25, 0.3) is 5.56 Å². The molecule has 0 unspecified atom stereocenters. The van der Waals surface area contributed by atoms with Crippen LogP contribution in [0.4, 0.5) is 0 Å². The van der Waals surface area contributed by atoms with E-state index in [4.69, 9.17) is 0 Å². The summed E-state index contributed by atoms with van der Waals surface area (Å²) in [5.41, 5.74) is 2.24. The summed E-state index contributed by atoms with van der Waals surface area (Å²) in [6, 6.07) is 16.3. The maximum absolute atomic E-state index is 12.2. The number of nitrogens with zero attached hydrogens (tertiary/aromatic N) is 2. The Hall–Kier alpha value is -2.93. The summed E-state index contributed by atoms with van der Waals surface area (Å²) in [6.07, 6.45) is 0. The average molecular weight is 353 g/mol. The zero-order valence-corrected chi connectivity index (χ0v) is 14.2. The Morgan fingerprint density at radius 3 is 2.44 bits per heavy atom. The van der Waals surface area contributed by atoms with Crippen molar-refractivity contribution in [2.45, 2.75) is 10.9 Å². The van der Waals surface area contributed by atoms with Gasteiger partial charge >= 0.3 is 5.97 Å². The van der Waals surface area contributed by atoms with Crippen molar-refractivity contribution in [2.24, 2.45) is 0 Å². The van der Waals surface area contributed by atoms with Crippen LogP contribution in [0.15, 0.2) is 64.5 Å². The second-order valence-electron chi connectivity index (χ2n) is 5.15. The Balaban J connectivity index is 1.69. The third-order valence-electron chi connectivity index (χ3n) is 3.47. The molecule has 1 aromatic heterocycles. The van der Waals surface area contributed by atoms with Gasteiger partial charge in [-0.15, -0.1) is 10.2 Å². The van der Waals surface area contributed by atoms with E-state index in [1.54, 1.807) is 12.1 Å². The van der Waals surface area contributed by atoms with Crippen LogP contribution in [0.5, 0.6) is 0 Å². The third-order valence-corrected chi connectivity index (χ3v) is 4.41. The predicted octanol–water partition coefficient (Wildman–Crippen LogP) is 2.91. The highest BCUT2D eigenvalue weighted by atomic mass is 32.2. The molecule has 6 nitrogen and oxygen atoms in total. The number of esters is 1. The third kappa shape index (κ3) is 4.13. The minimum absolute atomic E-state index is 0.273. The van der Waals surface area contributed by atoms with Gasteiger partial charge in [0.2, 0.25) is 0 Å². The van der Waals surface area contributed by atoms with Gasteiger partial charge in [0.15, 0.2) is 10.9 Å². The number of rotatable bonds is 5. The maximum Gasteiger partial charge on any atom is 0.337 e. The number of nitrogens with one attached hydrogen (secondary N) is 1. The SMILES string of the molecule is COC(=O)c1ccc(CSc2nnc(-c3ccccc3)c(=O)[nH]2)cc1. The molecule has 2 aromatic carbocycles. The van der Waals surface area contributed by atoms with E-state index in [1.165, 1.54) is 18.9 Å². The molecule has 0 aliphatic carbocycles. The van der Waals surface area contributed by atoms with Gasteiger partial charge in [0, 0.05) is 11.3 Å². The molecule has 0 amide bonds. The molecule has 0 aliphatic heterocycles. The van der Waals surface area contributed by atoms with Crippen molar-refractivity contribution in [3.63, 3.8) is 0 Å². The highest BCUT2D eigenvalue weighted by Gasteiger charge is 2.08. The fourth-order valence-electron chi connectivity index (χ4n) is 2.18. The second-order valence-corrected chi connectivity index (χ2v) is 6.12. The topological polar surface area (TPSA) is 84.9 Å². The molecule has 1 N–H and O–H groups in total. The fourth-order valence-corrected chi connectivity index (χ4v) is 2.94. The zero-order chi connectivity index (χ0) is 17.6. The summed E-state index contributed by atoms with van der Waals surface area (Å²) in [7, 11) is 1.35. The fraction of sp³-hybridized carbons (Fsp3) is 0.111. The first-order valence-corrected chi connectivity index (χ1v) is 8.48. The van der Waals surface area contributed by atoms with Crippen LogP contribution >= 0.6 is 11.8 Å². The number of hydrogen-bond donors (Lipinski definition) is 1. The van der Waals surface area contributed by atoms with E-state index in [1.807, 2.05) is 42.5 Å². The Morgan fingerprint density at radius 2 is 1.80 bits per heavy atom. The number of aromatic nitrogens is 3. The lowest BCUT2D eigenvalue weighted by molar-refractivity contribution is 0.0600. The molecule has 0 saturated heterocycles. The molecule has 0 fully saturated rings. The molecule has 126 valence electrons. The number of thioether (sulfide) groups is 1. The summed E-state index contributed by atoms with van der Waals surface area (Å²) >= 11 is 1.37. The van der Waals surface area contributed by atoms with Gasteiger partial charge in [0.1, 0.15) is 0 Å². The minimum Gasteiger partial charge on any atom is -0.465 e. The van der Waals surface area contributed by atoms with Gasteiger partial charge < -0.3 is 4.74 Å². The van der Waals surface area contributed by atoms with Crippen LogP contribution in [0.3, 0.4) is 0 Å². The number of carbonyl (C=O) groups is 1. The molecule has 0 saturated carbocycles. The summed E-state index contributed by atoms with van der Waals surface area (Å²) in [5.74, 6) is 0.224. The van der Waals surface area contributed by atoms with E-state index < -0.39 is 0 Å². The van der Waals surface area contributed by atoms with Gasteiger partial charge in [-0.3, -0.25) is 9.78 Å². The quantitative estimate of drug-likeness (QED) is 0.561. The first kappa shape index (κ1) is 16.9. The lowest BCUT2D eigenvalue weighted by Crippen LogP contribution is -2.14. The van der Waals surface area contributed by atoms with Crippen LogP contribution in [0.1, 0.15) is 15.9 Å². The minimum atomic E-state index is -0.370. The molecule has 1 heterocycles. The molecular weight excluding hydrogens is 338 g/mol. The van der Waals surface area contributed by atoms with E-state index in [2.05, 4.69) is 19.9 Å². The first-order valence-electron chi connectivity index (χ1n) is 7.50. The van der Waals surface area contributed by atoms with E-state index in [0.29, 0.717) is 22.2 Å². The lowest BCUT2D eigenvalue weighted by atomic mass is 10.1. The number of H-pyrrole nitrogens is 1. The van der Waals surface area contributed by atoms with Gasteiger partial charge in [-0.1, -0.05) is 54.2 Å². The number of aromatic amines is 1. The number of benzene rings is 2. The van der Waals surface area contributed by atoms with Gasteiger partial charge in [0.05, 0.1) is 12.7 Å². The van der Waals surface area contributed by atoms with Gasteiger partial charge in [-0.25, -0.2) is 4.79 Å². The van der Waals surface area contributed by atoms with E-state index in [0.717, 1.165) is 11.1 Å². The molecule has 3 rings (SSSR count). The molecule has 0 atom stereocenters. The second kappa shape index (κ2) is 7.76. The molecule has 0 radical (unpaired) electrons. The molecule has 3 aromatic rings. The van der Waals surface area contributed by atoms with Crippen LogP contribution in [0, 0.1) is 0 Å². The zero-order valence-electron chi connectivity index (χ0n) is 13.4. The largest absolute Gasteiger partial charge is 0.465 e. The van der Waals surface area contributed by atoms with Crippen molar-refractivity contribution in [3.05, 3.63) is 76.1 Å². The van der Waals surface area contributed by atoms with Crippen LogP contribution in [0.2, 0.25) is 0 Å². The summed E-state index contributed by atoms with van der Waals surface area (Å²) in [5, 5.41) is 8.55. The normalized spacial score (nSPS) is 10.4. The molecular formula is C18H15N3O3S. The summed E-state index contributed by atoms with van der Waals surface area (Å²) in [4.78, 5) is 26.3. The maximum atomic E-state index is 12.2. The Bertz CT molecular complexity index is 924. The van der Waals surface area contributed by atoms with E-state index in [-0.39, 0.29) is 11.5 Å². The average Bonchev–Trinajstić information content (AvgIpc) is 2.67. The predicted molar refractivity (Wildman–Crippen MR) is 95.4 cm³/mol. The number of carbonyl (C=O) groups excluding carboxylic acids is 1. The first-order chi connectivity index (χ1) is 12.2.